The Balaban J connectivity index is 0.000000149. The van der Waals surface area contributed by atoms with E-state index in [0.717, 1.165) is 31.4 Å². The Morgan fingerprint density at radius 3 is 1.78 bits per heavy atom. The van der Waals surface area contributed by atoms with Crippen LogP contribution in [0.5, 0.6) is 5.75 Å². The lowest BCUT2D eigenvalue weighted by Gasteiger charge is -2.18. The maximum Gasteiger partial charge on any atom is 0.319 e. The van der Waals surface area contributed by atoms with Crippen molar-refractivity contribution in [3.63, 3.8) is 0 Å². The third kappa shape index (κ3) is 10.2. The highest BCUT2D eigenvalue weighted by Gasteiger charge is 2.58. The Bertz CT molecular complexity index is 2520. The minimum atomic E-state index is -0.390. The van der Waals surface area contributed by atoms with E-state index in [4.69, 9.17) is 27.9 Å². The molecule has 0 spiro atoms. The summed E-state index contributed by atoms with van der Waals surface area (Å²) in [5.74, 6) is 1.74. The molecule has 8 atom stereocenters. The van der Waals surface area contributed by atoms with E-state index in [1.165, 1.54) is 30.3 Å². The van der Waals surface area contributed by atoms with Crippen LogP contribution in [0, 0.1) is 35.3 Å². The first kappa shape index (κ1) is 42.4. The number of benzene rings is 4. The number of rotatable bonds is 6. The van der Waals surface area contributed by atoms with Gasteiger partial charge in [0.05, 0.1) is 17.7 Å². The number of anilines is 2. The smallest absolute Gasteiger partial charge is 0.319 e. The molecular formula is C45H44Cl2F2N6O5. The normalized spacial score (nSPS) is 23.9. The molecule has 60 heavy (non-hydrogen) atoms. The minimum absolute atomic E-state index is 0. The summed E-state index contributed by atoms with van der Waals surface area (Å²) in [5, 5.41) is 23.3. The largest absolute Gasteiger partial charge is 0.490 e. The third-order valence-corrected chi connectivity index (χ3v) is 11.8. The van der Waals surface area contributed by atoms with Gasteiger partial charge in [-0.3, -0.25) is 9.78 Å². The molecule has 10 rings (SSSR count). The van der Waals surface area contributed by atoms with Gasteiger partial charge in [0.1, 0.15) is 17.4 Å². The van der Waals surface area contributed by atoms with Crippen molar-refractivity contribution in [3.8, 4) is 5.75 Å². The standard InChI is InChI=1S/C22H19ClFN3O2.C13H15ClN2O2.C9H6FNO.CH4/c23-12-1-4-14(5-2-12)26-22(28)27-21-16-10-15(11-17(16)21)29-20-7-8-25-19-6-3-13(24)9-18(19)20;14-7-1-3-8(4-2-7)15-13(18)16-12-10-5-9(17)6-11(10)12;10-6-1-2-8-7(5-6)9(12)3-4-11-8;/h1-9,15-17,21H,10-11H2,(H2,26,27,28);1-4,9-12,17H,5-6H2,(H2,15,16,18);1-5H,(H,11,12);1H4/t15?,16-,17+,21?;9?,10-,11+,12?;;. The summed E-state index contributed by atoms with van der Waals surface area (Å²) in [6.07, 6.45) is 6.49. The lowest BCUT2D eigenvalue weighted by molar-refractivity contribution is 0.163. The molecule has 4 aliphatic carbocycles. The van der Waals surface area contributed by atoms with Crippen LogP contribution < -0.4 is 31.4 Å². The van der Waals surface area contributed by atoms with Crippen molar-refractivity contribution in [1.82, 2.24) is 20.6 Å². The fourth-order valence-corrected chi connectivity index (χ4v) is 8.60. The van der Waals surface area contributed by atoms with Crippen LogP contribution in [0.2, 0.25) is 10.0 Å². The maximum atomic E-state index is 13.6. The number of aromatic amines is 1. The molecule has 0 aliphatic heterocycles. The fourth-order valence-electron chi connectivity index (χ4n) is 8.35. The van der Waals surface area contributed by atoms with Crippen molar-refractivity contribution in [2.75, 3.05) is 10.6 Å². The molecule has 6 aromatic rings. The monoisotopic (exact) mass is 856 g/mol. The number of halogens is 4. The molecule has 0 bridgehead atoms. The van der Waals surface area contributed by atoms with E-state index < -0.39 is 0 Å². The number of amides is 4. The van der Waals surface area contributed by atoms with Gasteiger partial charge in [0.25, 0.3) is 0 Å². The molecule has 4 aromatic carbocycles. The molecule has 4 fully saturated rings. The SMILES string of the molecule is C.O=C(Nc1ccc(Cl)cc1)NC1[C@H]2CC(O)C[C@@H]12.O=C(Nc1ccc(Cl)cc1)NC1[C@H]2CC(Oc3ccnc4ccc(F)cc34)C[C@@H]12.O=c1cc[nH]c2ccc(F)cc12. The number of carbonyl (C=O) groups excluding carboxylic acids is 2. The lowest BCUT2D eigenvalue weighted by Crippen LogP contribution is -2.34. The van der Waals surface area contributed by atoms with E-state index in [-0.39, 0.29) is 60.8 Å². The van der Waals surface area contributed by atoms with E-state index in [1.807, 2.05) is 0 Å². The van der Waals surface area contributed by atoms with Gasteiger partial charge in [-0.25, -0.2) is 18.4 Å². The summed E-state index contributed by atoms with van der Waals surface area (Å²) in [6.45, 7) is 0. The van der Waals surface area contributed by atoms with Crippen LogP contribution in [0.1, 0.15) is 33.1 Å². The molecule has 4 aliphatic rings. The lowest BCUT2D eigenvalue weighted by atomic mass is 10.1. The Kier molecular flexibility index (Phi) is 12.9. The number of aliphatic hydroxyl groups is 1. The number of nitrogens with zero attached hydrogens (tertiary/aromatic N) is 1. The number of fused-ring (bicyclic) bond motifs is 4. The number of pyridine rings is 2. The highest BCUT2D eigenvalue weighted by molar-refractivity contribution is 6.31. The number of nitrogens with one attached hydrogen (secondary N) is 5. The summed E-state index contributed by atoms with van der Waals surface area (Å²) in [6, 6.07) is 25.8. The molecule has 312 valence electrons. The second-order valence-corrected chi connectivity index (χ2v) is 16.1. The van der Waals surface area contributed by atoms with Gasteiger partial charge in [0.2, 0.25) is 0 Å². The van der Waals surface area contributed by atoms with Crippen LogP contribution in [-0.4, -0.2) is 51.4 Å². The zero-order chi connectivity index (χ0) is 41.2. The average Bonchev–Trinajstić information content (AvgIpc) is 3.84. The van der Waals surface area contributed by atoms with E-state index >= 15 is 0 Å². The van der Waals surface area contributed by atoms with Crippen LogP contribution in [0.3, 0.4) is 0 Å². The molecule has 0 saturated heterocycles. The molecule has 2 aromatic heterocycles. The number of H-pyrrole nitrogens is 1. The molecule has 6 N–H and O–H groups in total. The molecule has 4 unspecified atom stereocenters. The fraction of sp³-hybridized carbons (Fsp3) is 0.289. The van der Waals surface area contributed by atoms with E-state index in [2.05, 4.69) is 31.2 Å². The maximum absolute atomic E-state index is 13.6. The van der Waals surface area contributed by atoms with Crippen LogP contribution >= 0.6 is 23.2 Å². The summed E-state index contributed by atoms with van der Waals surface area (Å²) in [4.78, 5) is 42.2. The van der Waals surface area contributed by atoms with Crippen molar-refractivity contribution in [3.05, 3.63) is 141 Å². The predicted octanol–water partition coefficient (Wildman–Crippen LogP) is 9.54. The van der Waals surface area contributed by atoms with Gasteiger partial charge in [-0.05, 0) is 140 Å². The average molecular weight is 858 g/mol. The summed E-state index contributed by atoms with van der Waals surface area (Å²) >= 11 is 11.6. The highest BCUT2D eigenvalue weighted by atomic mass is 35.5. The second kappa shape index (κ2) is 18.2. The van der Waals surface area contributed by atoms with Gasteiger partial charge < -0.3 is 36.1 Å². The minimum Gasteiger partial charge on any atom is -0.490 e. The first-order chi connectivity index (χ1) is 28.5. The summed E-state index contributed by atoms with van der Waals surface area (Å²) in [7, 11) is 0. The zero-order valence-corrected chi connectivity index (χ0v) is 32.9. The van der Waals surface area contributed by atoms with Crippen LogP contribution in [-0.2, 0) is 0 Å². The third-order valence-electron chi connectivity index (χ3n) is 11.3. The molecular weight excluding hydrogens is 813 g/mol. The number of aromatic nitrogens is 2. The van der Waals surface area contributed by atoms with Crippen molar-refractivity contribution < 1.29 is 28.2 Å². The summed E-state index contributed by atoms with van der Waals surface area (Å²) < 4.78 is 32.4. The highest BCUT2D eigenvalue weighted by Crippen LogP contribution is 2.53. The van der Waals surface area contributed by atoms with Gasteiger partial charge in [-0.2, -0.15) is 0 Å². The van der Waals surface area contributed by atoms with E-state index in [1.54, 1.807) is 79.1 Å². The number of hydrogen-bond acceptors (Lipinski definition) is 6. The van der Waals surface area contributed by atoms with E-state index in [9.17, 15) is 28.3 Å². The second-order valence-electron chi connectivity index (χ2n) is 15.3. The van der Waals surface area contributed by atoms with Crippen LogP contribution in [0.25, 0.3) is 21.8 Å². The molecule has 15 heteroatoms. The first-order valence-corrected chi connectivity index (χ1v) is 20.0. The number of aliphatic hydroxyl groups excluding tert-OH is 1. The van der Waals surface area contributed by atoms with Crippen molar-refractivity contribution in [2.24, 2.45) is 23.7 Å². The van der Waals surface area contributed by atoms with Gasteiger partial charge >= 0.3 is 12.1 Å². The molecule has 2 heterocycles. The number of ether oxygens (including phenoxy) is 1. The molecule has 4 amide bonds. The van der Waals surface area contributed by atoms with Gasteiger partial charge in [-0.1, -0.05) is 30.6 Å². The molecule has 11 nitrogen and oxygen atoms in total. The number of carbonyl (C=O) groups is 2. The van der Waals surface area contributed by atoms with Crippen LogP contribution in [0.15, 0.2) is 114 Å². The van der Waals surface area contributed by atoms with Crippen molar-refractivity contribution >= 4 is 68.4 Å². The molecule has 0 radical (unpaired) electrons. The zero-order valence-electron chi connectivity index (χ0n) is 31.4. The van der Waals surface area contributed by atoms with Gasteiger partial charge in [-0.15, -0.1) is 0 Å². The van der Waals surface area contributed by atoms with E-state index in [0.29, 0.717) is 67.0 Å². The molecule has 4 saturated carbocycles. The topological polar surface area (TPSA) is 157 Å². The van der Waals surface area contributed by atoms with Crippen molar-refractivity contribution in [1.29, 1.82) is 0 Å². The number of urea groups is 2. The van der Waals surface area contributed by atoms with Gasteiger partial charge in [0, 0.05) is 68.3 Å². The van der Waals surface area contributed by atoms with Crippen LogP contribution in [0.4, 0.5) is 29.7 Å². The van der Waals surface area contributed by atoms with Crippen molar-refractivity contribution in [2.45, 2.75) is 57.4 Å². The summed E-state index contributed by atoms with van der Waals surface area (Å²) in [5.41, 5.74) is 2.64. The van der Waals surface area contributed by atoms with Gasteiger partial charge in [0.15, 0.2) is 5.43 Å². The number of hydrogen-bond donors (Lipinski definition) is 6. The quantitative estimate of drug-likeness (QED) is 0.0980. The Morgan fingerprint density at radius 2 is 1.22 bits per heavy atom. The Morgan fingerprint density at radius 1 is 0.700 bits per heavy atom. The first-order valence-electron chi connectivity index (χ1n) is 19.3. The Labute approximate surface area is 354 Å². The predicted molar refractivity (Wildman–Crippen MR) is 231 cm³/mol. The Hall–Kier alpha value is -5.76.